The summed E-state index contributed by atoms with van der Waals surface area (Å²) in [5, 5.41) is 6.33. The molecule has 0 bridgehead atoms. The van der Waals surface area contributed by atoms with Gasteiger partial charge in [-0.1, -0.05) is 84.9 Å². The molecule has 0 atom stereocenters. The summed E-state index contributed by atoms with van der Waals surface area (Å²) in [6, 6.07) is 57.9. The molecule has 6 nitrogen and oxygen atoms in total. The Bertz CT molecular complexity index is 3440. The first-order valence-corrected chi connectivity index (χ1v) is 18.3. The highest BCUT2D eigenvalue weighted by atomic mass is 16.4. The smallest absolute Gasteiger partial charge is 0.227 e. The second kappa shape index (κ2) is 11.5. The van der Waals surface area contributed by atoms with Crippen LogP contribution in [-0.4, -0.2) is 4.98 Å². The van der Waals surface area contributed by atoms with E-state index in [0.29, 0.717) is 11.5 Å². The molecule has 55 heavy (non-hydrogen) atoms. The predicted molar refractivity (Wildman–Crippen MR) is 221 cm³/mol. The van der Waals surface area contributed by atoms with E-state index < -0.39 is 0 Å². The van der Waals surface area contributed by atoms with Crippen LogP contribution in [0.5, 0.6) is 0 Å². The van der Waals surface area contributed by atoms with Crippen molar-refractivity contribution in [2.45, 2.75) is 0 Å². The molecule has 0 radical (unpaired) electrons. The summed E-state index contributed by atoms with van der Waals surface area (Å²) in [7, 11) is 0. The SMILES string of the molecule is c1ccc(-c2nc3c(-c4ccc(N(c5ccc6c(c5)oc5ccccc56)c5ccc6oc7ccccc7c6c5)cc4)c4oc5ccccc5c4cc3o2)cc1. The summed E-state index contributed by atoms with van der Waals surface area (Å²) >= 11 is 0. The van der Waals surface area contributed by atoms with Gasteiger partial charge in [0.1, 0.15) is 39.0 Å². The minimum Gasteiger partial charge on any atom is -0.456 e. The first kappa shape index (κ1) is 29.9. The third-order valence-corrected chi connectivity index (χ3v) is 10.7. The Labute approximate surface area is 313 Å². The highest BCUT2D eigenvalue weighted by molar-refractivity contribution is 6.17. The summed E-state index contributed by atoms with van der Waals surface area (Å²) in [4.78, 5) is 7.33. The maximum Gasteiger partial charge on any atom is 0.227 e. The predicted octanol–water partition coefficient (Wildman–Crippen LogP) is 14.3. The molecule has 8 aromatic carbocycles. The molecule has 0 aliphatic heterocycles. The van der Waals surface area contributed by atoms with Crippen molar-refractivity contribution in [2.75, 3.05) is 4.90 Å². The lowest BCUT2D eigenvalue weighted by Gasteiger charge is -2.25. The van der Waals surface area contributed by atoms with E-state index >= 15 is 0 Å². The Morgan fingerprint density at radius 2 is 0.909 bits per heavy atom. The van der Waals surface area contributed by atoms with Crippen LogP contribution in [0.3, 0.4) is 0 Å². The molecule has 12 aromatic rings. The number of fused-ring (bicyclic) bond motifs is 10. The number of rotatable bonds is 5. The Hall–Kier alpha value is -7.57. The topological polar surface area (TPSA) is 68.7 Å². The fourth-order valence-electron chi connectivity index (χ4n) is 8.15. The molecule has 0 spiro atoms. The van der Waals surface area contributed by atoms with Gasteiger partial charge in [-0.2, -0.15) is 0 Å². The van der Waals surface area contributed by atoms with Crippen LogP contribution < -0.4 is 4.90 Å². The zero-order chi connectivity index (χ0) is 36.0. The quantitative estimate of drug-likeness (QED) is 0.177. The van der Waals surface area contributed by atoms with Crippen molar-refractivity contribution in [3.05, 3.63) is 170 Å². The van der Waals surface area contributed by atoms with Gasteiger partial charge in [-0.15, -0.1) is 0 Å². The van der Waals surface area contributed by atoms with Crippen molar-refractivity contribution >= 4 is 94.0 Å². The molecule has 6 heteroatoms. The molecule has 0 amide bonds. The molecule has 0 aliphatic carbocycles. The van der Waals surface area contributed by atoms with Crippen LogP contribution in [0.25, 0.3) is 99.5 Å². The maximum absolute atomic E-state index is 6.60. The van der Waals surface area contributed by atoms with Crippen LogP contribution in [0.1, 0.15) is 0 Å². The van der Waals surface area contributed by atoms with Gasteiger partial charge < -0.3 is 22.6 Å². The molecule has 258 valence electrons. The van der Waals surface area contributed by atoms with Crippen LogP contribution in [-0.2, 0) is 0 Å². The first-order chi connectivity index (χ1) is 27.2. The number of para-hydroxylation sites is 3. The average Bonchev–Trinajstić information content (AvgIpc) is 4.02. The molecular weight excluding hydrogens is 681 g/mol. The molecule has 0 N–H and O–H groups in total. The van der Waals surface area contributed by atoms with Crippen LogP contribution in [0.4, 0.5) is 17.1 Å². The van der Waals surface area contributed by atoms with E-state index in [4.69, 9.17) is 22.7 Å². The Morgan fingerprint density at radius 3 is 1.67 bits per heavy atom. The van der Waals surface area contributed by atoms with Crippen molar-refractivity contribution < 1.29 is 17.7 Å². The summed E-state index contributed by atoms with van der Waals surface area (Å²) in [6.45, 7) is 0. The molecule has 0 saturated heterocycles. The number of hydrogen-bond acceptors (Lipinski definition) is 6. The van der Waals surface area contributed by atoms with Crippen molar-refractivity contribution in [3.63, 3.8) is 0 Å². The summed E-state index contributed by atoms with van der Waals surface area (Å²) in [6.07, 6.45) is 0. The Balaban J connectivity index is 1.06. The van der Waals surface area contributed by atoms with Crippen LogP contribution in [0.15, 0.2) is 188 Å². The summed E-state index contributed by atoms with van der Waals surface area (Å²) < 4.78 is 25.7. The van der Waals surface area contributed by atoms with E-state index in [1.54, 1.807) is 0 Å². The second-order valence-electron chi connectivity index (χ2n) is 13.9. The molecule has 0 aliphatic rings. The fraction of sp³-hybridized carbons (Fsp3) is 0. The molecular formula is C49H28N2O4. The number of nitrogens with zero attached hydrogens (tertiary/aromatic N) is 2. The van der Waals surface area contributed by atoms with Gasteiger partial charge in [-0.05, 0) is 84.4 Å². The largest absolute Gasteiger partial charge is 0.456 e. The molecule has 12 rings (SSSR count). The second-order valence-corrected chi connectivity index (χ2v) is 13.9. The van der Waals surface area contributed by atoms with Crippen molar-refractivity contribution in [2.24, 2.45) is 0 Å². The number of aromatic nitrogens is 1. The fourth-order valence-corrected chi connectivity index (χ4v) is 8.15. The number of benzene rings is 8. The zero-order valence-corrected chi connectivity index (χ0v) is 29.2. The molecule has 4 aromatic heterocycles. The number of oxazole rings is 1. The molecule has 0 saturated carbocycles. The van der Waals surface area contributed by atoms with Gasteiger partial charge in [0.2, 0.25) is 5.89 Å². The highest BCUT2D eigenvalue weighted by Crippen LogP contribution is 2.45. The lowest BCUT2D eigenvalue weighted by molar-refractivity contribution is 0.620. The number of furan rings is 3. The van der Waals surface area contributed by atoms with Crippen molar-refractivity contribution in [3.8, 4) is 22.6 Å². The van der Waals surface area contributed by atoms with Crippen LogP contribution in [0.2, 0.25) is 0 Å². The van der Waals surface area contributed by atoms with E-state index in [-0.39, 0.29) is 0 Å². The first-order valence-electron chi connectivity index (χ1n) is 18.3. The van der Waals surface area contributed by atoms with E-state index in [0.717, 1.165) is 105 Å². The van der Waals surface area contributed by atoms with Gasteiger partial charge in [0.05, 0.1) is 5.56 Å². The summed E-state index contributed by atoms with van der Waals surface area (Å²) in [5.41, 5.74) is 12.2. The average molecular weight is 709 g/mol. The van der Waals surface area contributed by atoms with Crippen molar-refractivity contribution in [1.82, 2.24) is 4.98 Å². The van der Waals surface area contributed by atoms with Gasteiger partial charge in [0.25, 0.3) is 0 Å². The Morgan fingerprint density at radius 1 is 0.345 bits per heavy atom. The lowest BCUT2D eigenvalue weighted by atomic mass is 10.00. The van der Waals surface area contributed by atoms with E-state index in [9.17, 15) is 0 Å². The van der Waals surface area contributed by atoms with Crippen LogP contribution >= 0.6 is 0 Å². The third kappa shape index (κ3) is 4.58. The molecule has 0 unspecified atom stereocenters. The Kier molecular flexibility index (Phi) is 6.24. The van der Waals surface area contributed by atoms with Gasteiger partial charge in [0.15, 0.2) is 5.58 Å². The monoisotopic (exact) mass is 708 g/mol. The van der Waals surface area contributed by atoms with E-state index in [1.807, 2.05) is 84.9 Å². The lowest BCUT2D eigenvalue weighted by Crippen LogP contribution is -2.09. The van der Waals surface area contributed by atoms with E-state index in [2.05, 4.69) is 89.8 Å². The molecule has 4 heterocycles. The summed E-state index contributed by atoms with van der Waals surface area (Å²) in [5.74, 6) is 0.569. The maximum atomic E-state index is 6.60. The van der Waals surface area contributed by atoms with Crippen molar-refractivity contribution in [1.29, 1.82) is 0 Å². The van der Waals surface area contributed by atoms with Gasteiger partial charge in [-0.3, -0.25) is 0 Å². The van der Waals surface area contributed by atoms with Gasteiger partial charge in [-0.25, -0.2) is 4.98 Å². The van der Waals surface area contributed by atoms with E-state index in [1.165, 1.54) is 0 Å². The zero-order valence-electron chi connectivity index (χ0n) is 29.2. The number of anilines is 3. The van der Waals surface area contributed by atoms with Crippen LogP contribution in [0, 0.1) is 0 Å². The third-order valence-electron chi connectivity index (χ3n) is 10.7. The van der Waals surface area contributed by atoms with Gasteiger partial charge >= 0.3 is 0 Å². The highest BCUT2D eigenvalue weighted by Gasteiger charge is 2.23. The standard InChI is InChI=1S/C49H28N2O4/c1-2-10-30(11-3-1)49-50-47-45(55-49)28-39-36-14-6-9-17-42(36)54-48(39)46(47)29-18-20-31(21-19-29)51(32-23-25-43-38(26-32)35-13-5-8-16-41(35)52-43)33-22-24-37-34-12-4-7-15-40(34)53-44(37)27-33/h1-28H. The normalized spacial score (nSPS) is 12.0. The van der Waals surface area contributed by atoms with Gasteiger partial charge in [0, 0.05) is 61.0 Å². The molecule has 0 fully saturated rings. The minimum atomic E-state index is 0.569. The number of hydrogen-bond donors (Lipinski definition) is 0. The minimum absolute atomic E-state index is 0.569.